The van der Waals surface area contributed by atoms with Crippen LogP contribution in [-0.2, 0) is 10.0 Å². The van der Waals surface area contributed by atoms with Gasteiger partial charge in [0, 0.05) is 6.07 Å². The van der Waals surface area contributed by atoms with Crippen molar-refractivity contribution in [1.29, 1.82) is 0 Å². The van der Waals surface area contributed by atoms with Crippen LogP contribution in [-0.4, -0.2) is 13.5 Å². The number of nitrogens with two attached hydrogens (primary N) is 1. The zero-order chi connectivity index (χ0) is 10.2. The van der Waals surface area contributed by atoms with Crippen LogP contribution >= 0.6 is 27.5 Å². The average Bonchev–Trinajstić information content (AvgIpc) is 1.94. The quantitative estimate of drug-likeness (QED) is 0.820. The molecular weight excluding hydrogens is 281 g/mol. The van der Waals surface area contributed by atoms with Crippen LogP contribution in [0.2, 0.25) is 5.02 Å². The summed E-state index contributed by atoms with van der Waals surface area (Å²) in [6, 6.07) is 2.25. The third kappa shape index (κ3) is 2.34. The second kappa shape index (κ2) is 3.45. The zero-order valence-corrected chi connectivity index (χ0v) is 9.32. The van der Waals surface area contributed by atoms with Gasteiger partial charge in [0.25, 0.3) is 0 Å². The van der Waals surface area contributed by atoms with E-state index in [4.69, 9.17) is 21.8 Å². The molecule has 1 aromatic rings. The summed E-state index contributed by atoms with van der Waals surface area (Å²) < 4.78 is 22.1. The molecule has 0 fully saturated rings. The molecule has 4 nitrogen and oxygen atoms in total. The molecule has 0 saturated carbocycles. The maximum absolute atomic E-state index is 10.9. The molecule has 7 heteroatoms. The van der Waals surface area contributed by atoms with Crippen LogP contribution in [0.5, 0.6) is 5.75 Å². The lowest BCUT2D eigenvalue weighted by molar-refractivity contribution is 0.469. The fourth-order valence-electron chi connectivity index (χ4n) is 0.736. The van der Waals surface area contributed by atoms with Gasteiger partial charge in [-0.1, -0.05) is 11.6 Å². The first-order valence-corrected chi connectivity index (χ1v) is 5.75. The summed E-state index contributed by atoms with van der Waals surface area (Å²) in [6.07, 6.45) is 0. The number of phenolic OH excluding ortho intramolecular Hbond substituents is 1. The van der Waals surface area contributed by atoms with Gasteiger partial charge in [-0.2, -0.15) is 0 Å². The van der Waals surface area contributed by atoms with E-state index in [-0.39, 0.29) is 15.7 Å². The number of phenols is 1. The summed E-state index contributed by atoms with van der Waals surface area (Å²) in [7, 11) is -3.89. The highest BCUT2D eigenvalue weighted by Crippen LogP contribution is 2.32. The Bertz CT molecular complexity index is 445. The summed E-state index contributed by atoms with van der Waals surface area (Å²) in [4.78, 5) is -0.296. The second-order valence-corrected chi connectivity index (χ2v) is 5.07. The van der Waals surface area contributed by atoms with Crippen molar-refractivity contribution in [2.75, 3.05) is 0 Å². The highest BCUT2D eigenvalue weighted by molar-refractivity contribution is 9.10. The number of rotatable bonds is 1. The Hall–Kier alpha value is -0.300. The molecule has 0 atom stereocenters. The normalized spacial score (nSPS) is 11.6. The minimum absolute atomic E-state index is 0.0350. The maximum atomic E-state index is 10.9. The number of primary sulfonamides is 1. The van der Waals surface area contributed by atoms with Crippen molar-refractivity contribution in [2.24, 2.45) is 5.14 Å². The first-order chi connectivity index (χ1) is 5.82. The van der Waals surface area contributed by atoms with E-state index in [9.17, 15) is 8.42 Å². The molecule has 0 amide bonds. The Morgan fingerprint density at radius 1 is 1.46 bits per heavy atom. The van der Waals surface area contributed by atoms with Crippen molar-refractivity contribution in [3.05, 3.63) is 21.6 Å². The van der Waals surface area contributed by atoms with Crippen LogP contribution < -0.4 is 5.14 Å². The third-order valence-corrected chi connectivity index (χ3v) is 3.32. The smallest absolute Gasteiger partial charge is 0.239 e. The SMILES string of the molecule is NS(=O)(=O)c1cc(O)c(Br)cc1Cl. The Labute approximate surface area is 88.5 Å². The van der Waals surface area contributed by atoms with Crippen molar-refractivity contribution in [3.63, 3.8) is 0 Å². The number of sulfonamides is 1. The summed E-state index contributed by atoms with van der Waals surface area (Å²) >= 11 is 8.56. The molecule has 0 unspecified atom stereocenters. The van der Waals surface area contributed by atoms with Crippen LogP contribution in [0.4, 0.5) is 0 Å². The molecule has 0 aliphatic carbocycles. The van der Waals surface area contributed by atoms with Gasteiger partial charge in [-0.05, 0) is 22.0 Å². The second-order valence-electron chi connectivity index (χ2n) is 2.28. The molecule has 0 bridgehead atoms. The Morgan fingerprint density at radius 2 is 2.00 bits per heavy atom. The first-order valence-electron chi connectivity index (χ1n) is 3.03. The minimum Gasteiger partial charge on any atom is -0.507 e. The van der Waals surface area contributed by atoms with Gasteiger partial charge in [-0.3, -0.25) is 0 Å². The van der Waals surface area contributed by atoms with E-state index in [1.54, 1.807) is 0 Å². The van der Waals surface area contributed by atoms with Crippen molar-refractivity contribution >= 4 is 37.6 Å². The van der Waals surface area contributed by atoms with Crippen LogP contribution in [0, 0.1) is 0 Å². The monoisotopic (exact) mass is 285 g/mol. The molecule has 0 aliphatic heterocycles. The number of benzene rings is 1. The van der Waals surface area contributed by atoms with Gasteiger partial charge < -0.3 is 5.11 Å². The number of hydrogen-bond acceptors (Lipinski definition) is 3. The van der Waals surface area contributed by atoms with E-state index < -0.39 is 10.0 Å². The van der Waals surface area contributed by atoms with E-state index in [2.05, 4.69) is 15.9 Å². The van der Waals surface area contributed by atoms with E-state index in [1.165, 1.54) is 6.07 Å². The van der Waals surface area contributed by atoms with Gasteiger partial charge in [0.1, 0.15) is 10.6 Å². The molecule has 13 heavy (non-hydrogen) atoms. The van der Waals surface area contributed by atoms with Crippen molar-refractivity contribution in [2.45, 2.75) is 4.90 Å². The third-order valence-electron chi connectivity index (χ3n) is 1.31. The van der Waals surface area contributed by atoms with Crippen LogP contribution in [0.1, 0.15) is 0 Å². The fraction of sp³-hybridized carbons (Fsp3) is 0. The summed E-state index contributed by atoms with van der Waals surface area (Å²) in [5, 5.41) is 14.0. The number of halogens is 2. The minimum atomic E-state index is -3.89. The highest BCUT2D eigenvalue weighted by atomic mass is 79.9. The largest absolute Gasteiger partial charge is 0.507 e. The van der Waals surface area contributed by atoms with Gasteiger partial charge >= 0.3 is 0 Å². The lowest BCUT2D eigenvalue weighted by Crippen LogP contribution is -2.12. The van der Waals surface area contributed by atoms with Crippen LogP contribution in [0.25, 0.3) is 0 Å². The Kier molecular flexibility index (Phi) is 2.86. The number of hydrogen-bond donors (Lipinski definition) is 2. The van der Waals surface area contributed by atoms with Gasteiger partial charge in [0.2, 0.25) is 10.0 Å². The van der Waals surface area contributed by atoms with Gasteiger partial charge in [0.05, 0.1) is 9.50 Å². The van der Waals surface area contributed by atoms with Crippen molar-refractivity contribution < 1.29 is 13.5 Å². The predicted molar refractivity (Wildman–Crippen MR) is 52.2 cm³/mol. The Morgan fingerprint density at radius 3 is 2.46 bits per heavy atom. The molecule has 72 valence electrons. The molecule has 0 aromatic heterocycles. The molecular formula is C6H5BrClNO3S. The number of aromatic hydroxyl groups is 1. The van der Waals surface area contributed by atoms with E-state index >= 15 is 0 Å². The highest BCUT2D eigenvalue weighted by Gasteiger charge is 2.15. The van der Waals surface area contributed by atoms with Gasteiger partial charge in [-0.25, -0.2) is 13.6 Å². The first kappa shape index (κ1) is 10.8. The van der Waals surface area contributed by atoms with Gasteiger partial charge in [-0.15, -0.1) is 0 Å². The van der Waals surface area contributed by atoms with Gasteiger partial charge in [0.15, 0.2) is 0 Å². The summed E-state index contributed by atoms with van der Waals surface area (Å²) in [5.41, 5.74) is 0. The van der Waals surface area contributed by atoms with Crippen LogP contribution in [0.3, 0.4) is 0 Å². The Balaban J connectivity index is 3.50. The molecule has 0 spiro atoms. The van der Waals surface area contributed by atoms with Crippen molar-refractivity contribution in [3.8, 4) is 5.75 Å². The average molecular weight is 287 g/mol. The predicted octanol–water partition coefficient (Wildman–Crippen LogP) is 1.46. The molecule has 0 heterocycles. The lowest BCUT2D eigenvalue weighted by atomic mass is 10.3. The molecule has 1 aromatic carbocycles. The summed E-state index contributed by atoms with van der Waals surface area (Å²) in [6.45, 7) is 0. The van der Waals surface area contributed by atoms with Crippen LogP contribution in [0.15, 0.2) is 21.5 Å². The topological polar surface area (TPSA) is 80.4 Å². The van der Waals surface area contributed by atoms with Crippen molar-refractivity contribution in [1.82, 2.24) is 0 Å². The zero-order valence-electron chi connectivity index (χ0n) is 6.16. The van der Waals surface area contributed by atoms with E-state index in [0.29, 0.717) is 4.47 Å². The molecule has 3 N–H and O–H groups in total. The fourth-order valence-corrected chi connectivity index (χ4v) is 2.30. The summed E-state index contributed by atoms with van der Waals surface area (Å²) in [5.74, 6) is -0.228. The van der Waals surface area contributed by atoms with E-state index in [1.807, 2.05) is 0 Å². The molecule has 0 aliphatic rings. The maximum Gasteiger partial charge on any atom is 0.239 e. The standard InChI is InChI=1S/C6H5BrClNO3S/c7-3-1-4(8)6(2-5(3)10)13(9,11)12/h1-2,10H,(H2,9,11,12). The van der Waals surface area contributed by atoms with E-state index in [0.717, 1.165) is 6.07 Å². The molecule has 0 saturated heterocycles. The lowest BCUT2D eigenvalue weighted by Gasteiger charge is -2.03. The molecule has 1 rings (SSSR count). The molecule has 0 radical (unpaired) electrons.